The van der Waals surface area contributed by atoms with Gasteiger partial charge in [-0.2, -0.15) is 0 Å². The van der Waals surface area contributed by atoms with E-state index in [1.54, 1.807) is 0 Å². The van der Waals surface area contributed by atoms with Crippen LogP contribution in [0, 0.1) is 10.1 Å². The average molecular weight is 606 g/mol. The van der Waals surface area contributed by atoms with E-state index in [1.807, 2.05) is 0 Å². The van der Waals surface area contributed by atoms with Crippen molar-refractivity contribution in [2.75, 3.05) is 13.2 Å². The van der Waals surface area contributed by atoms with E-state index < -0.39 is 95.8 Å². The zero-order chi connectivity index (χ0) is 29.1. The number of carbonyl (C=O) groups is 1. The Hall–Kier alpha value is -1.56. The van der Waals surface area contributed by atoms with Crippen LogP contribution >= 0.6 is 0 Å². The van der Waals surface area contributed by atoms with Gasteiger partial charge in [0.15, 0.2) is 6.29 Å². The molecule has 0 saturated carbocycles. The van der Waals surface area contributed by atoms with Gasteiger partial charge in [0.2, 0.25) is 22.6 Å². The largest absolute Gasteiger partial charge is 1.00 e. The molecule has 2 aliphatic rings. The summed E-state index contributed by atoms with van der Waals surface area (Å²) in [6.07, 6.45) is -15.6. The smallest absolute Gasteiger partial charge is 0.726 e. The zero-order valence-corrected chi connectivity index (χ0v) is 23.9. The third-order valence-electron chi connectivity index (χ3n) is 5.86. The number of aliphatic hydroxyl groups is 5. The van der Waals surface area contributed by atoms with Crippen molar-refractivity contribution in [3.05, 3.63) is 34.4 Å². The summed E-state index contributed by atoms with van der Waals surface area (Å²) in [4.78, 5) is 22.1. The van der Waals surface area contributed by atoms with E-state index in [4.69, 9.17) is 18.9 Å². The number of nitro groups is 1. The molecule has 1 aromatic rings. The molecule has 40 heavy (non-hydrogen) atoms. The van der Waals surface area contributed by atoms with Crippen molar-refractivity contribution in [2.45, 2.75) is 68.3 Å². The number of amides is 1. The minimum atomic E-state index is -5.29. The van der Waals surface area contributed by atoms with Crippen LogP contribution in [0.5, 0.6) is 5.75 Å². The molecule has 10 atom stereocenters. The minimum absolute atomic E-state index is 0. The van der Waals surface area contributed by atoms with Gasteiger partial charge in [-0.1, -0.05) is 0 Å². The van der Waals surface area contributed by atoms with Gasteiger partial charge in [-0.3, -0.25) is 19.1 Å². The van der Waals surface area contributed by atoms with E-state index in [2.05, 4.69) is 9.50 Å². The molecule has 0 bridgehead atoms. The van der Waals surface area contributed by atoms with Gasteiger partial charge in [-0.15, -0.1) is 0 Å². The Balaban J connectivity index is 0.00000560. The molecule has 1 aromatic carbocycles. The molecule has 20 heteroatoms. The number of carbonyl (C=O) groups excluding carboxylic acids is 1. The Labute approximate surface area is 249 Å². The summed E-state index contributed by atoms with van der Waals surface area (Å²) < 4.78 is 59.6. The van der Waals surface area contributed by atoms with Crippen molar-refractivity contribution in [2.24, 2.45) is 0 Å². The first kappa shape index (κ1) is 34.6. The van der Waals surface area contributed by atoms with Gasteiger partial charge in [-0.05, 0) is 12.1 Å². The third-order valence-corrected chi connectivity index (χ3v) is 6.28. The Bertz CT molecular complexity index is 1110. The van der Waals surface area contributed by atoms with Crippen LogP contribution in [-0.2, 0) is 33.6 Å². The number of aliphatic hydroxyl groups excluding tert-OH is 5. The molecule has 0 aliphatic carbocycles. The molecular formula is C20H27N2NaO16S. The van der Waals surface area contributed by atoms with Crippen molar-refractivity contribution < 1.29 is 101 Å². The van der Waals surface area contributed by atoms with E-state index in [0.717, 1.165) is 19.1 Å². The minimum Gasteiger partial charge on any atom is -0.726 e. The Morgan fingerprint density at radius 3 is 2.15 bits per heavy atom. The van der Waals surface area contributed by atoms with Crippen molar-refractivity contribution in [1.29, 1.82) is 0 Å². The summed E-state index contributed by atoms with van der Waals surface area (Å²) in [5.74, 6) is -0.721. The van der Waals surface area contributed by atoms with E-state index in [1.165, 1.54) is 12.1 Å². The fourth-order valence-electron chi connectivity index (χ4n) is 3.98. The second kappa shape index (κ2) is 14.6. The summed E-state index contributed by atoms with van der Waals surface area (Å²) in [6, 6.07) is 3.09. The number of ether oxygens (including phenoxy) is 4. The molecule has 0 aromatic heterocycles. The number of benzene rings is 1. The molecule has 6 N–H and O–H groups in total. The molecule has 0 radical (unpaired) electrons. The molecule has 2 heterocycles. The van der Waals surface area contributed by atoms with Crippen LogP contribution < -0.4 is 39.6 Å². The summed E-state index contributed by atoms with van der Waals surface area (Å²) in [5.41, 5.74) is -0.273. The zero-order valence-electron chi connectivity index (χ0n) is 21.1. The maximum Gasteiger partial charge on any atom is 1.00 e. The van der Waals surface area contributed by atoms with Crippen molar-refractivity contribution >= 4 is 22.0 Å². The van der Waals surface area contributed by atoms with Gasteiger partial charge in [-0.25, -0.2) is 8.42 Å². The predicted octanol–water partition coefficient (Wildman–Crippen LogP) is -6.77. The number of nitrogens with one attached hydrogen (secondary N) is 1. The van der Waals surface area contributed by atoms with Crippen LogP contribution in [0.3, 0.4) is 0 Å². The molecule has 2 aliphatic heterocycles. The van der Waals surface area contributed by atoms with Crippen LogP contribution in [0.1, 0.15) is 6.92 Å². The summed E-state index contributed by atoms with van der Waals surface area (Å²) in [5, 5.41) is 64.1. The first-order valence-corrected chi connectivity index (χ1v) is 12.6. The fourth-order valence-corrected chi connectivity index (χ4v) is 4.28. The maximum absolute atomic E-state index is 11.9. The number of nitrogens with zero attached hydrogens (tertiary/aromatic N) is 1. The maximum atomic E-state index is 11.9. The first-order valence-electron chi connectivity index (χ1n) is 11.3. The van der Waals surface area contributed by atoms with E-state index >= 15 is 0 Å². The van der Waals surface area contributed by atoms with Gasteiger partial charge in [0, 0.05) is 19.1 Å². The Morgan fingerprint density at radius 1 is 1.02 bits per heavy atom. The number of non-ortho nitro benzene ring substituents is 1. The second-order valence-electron chi connectivity index (χ2n) is 8.62. The normalized spacial score (nSPS) is 34.4. The predicted molar refractivity (Wildman–Crippen MR) is 120 cm³/mol. The summed E-state index contributed by atoms with van der Waals surface area (Å²) in [6.45, 7) is -0.782. The van der Waals surface area contributed by atoms with Crippen molar-refractivity contribution in [3.63, 3.8) is 0 Å². The SMILES string of the molecule is CC(=O)N[C@H]1[C@H](Oc2ccc([N+](=O)[O-])cc2)O[C@H](COS(=O)(=O)[O-])[C@@H](O[C@@H]2O[C@H](CO)[C@H](O)[C@H](O)[C@H]2O)[C@@H]1O.[Na+]. The van der Waals surface area contributed by atoms with Gasteiger partial charge >= 0.3 is 29.6 Å². The average Bonchev–Trinajstić information content (AvgIpc) is 2.86. The van der Waals surface area contributed by atoms with Gasteiger partial charge in [0.1, 0.15) is 54.5 Å². The molecule has 3 rings (SSSR count). The van der Waals surface area contributed by atoms with Crippen molar-refractivity contribution in [3.8, 4) is 5.75 Å². The van der Waals surface area contributed by atoms with E-state index in [-0.39, 0.29) is 41.0 Å². The molecule has 18 nitrogen and oxygen atoms in total. The van der Waals surface area contributed by atoms with Crippen LogP contribution in [0.25, 0.3) is 0 Å². The summed E-state index contributed by atoms with van der Waals surface area (Å²) >= 11 is 0. The van der Waals surface area contributed by atoms with Crippen LogP contribution in [0.4, 0.5) is 5.69 Å². The number of nitro benzene ring substituents is 1. The molecule has 2 saturated heterocycles. The molecule has 2 fully saturated rings. The second-order valence-corrected chi connectivity index (χ2v) is 9.67. The van der Waals surface area contributed by atoms with Crippen LogP contribution in [0.2, 0.25) is 0 Å². The standard InChI is InChI=1S/C20H28N2O16S.Na/c1-8(24)21-13-15(26)18(38-20-17(28)16(27)14(25)11(6-23)36-20)12(7-34-39(31,32)33)37-19(13)35-10-4-2-9(3-5-10)22(29)30;/h2-5,11-20,23,25-28H,6-7H2,1H3,(H,21,24)(H,31,32,33);/q;+1/p-1/t11-,12-,13-,14+,15-,16+,17-,18-,19-,20+;/m1./s1. The molecule has 1 amide bonds. The molecular weight excluding hydrogens is 579 g/mol. The Kier molecular flexibility index (Phi) is 12.6. The van der Waals surface area contributed by atoms with Gasteiger partial charge in [0.05, 0.1) is 18.1 Å². The number of hydrogen-bond donors (Lipinski definition) is 6. The topological polar surface area (TPSA) is 277 Å². The number of rotatable bonds is 10. The third kappa shape index (κ3) is 8.72. The molecule has 0 unspecified atom stereocenters. The van der Waals surface area contributed by atoms with Crippen LogP contribution in [0.15, 0.2) is 24.3 Å². The van der Waals surface area contributed by atoms with E-state index in [9.17, 15) is 53.4 Å². The number of hydrogen-bond acceptors (Lipinski definition) is 16. The van der Waals surface area contributed by atoms with Crippen LogP contribution in [-0.4, -0.2) is 124 Å². The molecule has 0 spiro atoms. The van der Waals surface area contributed by atoms with Gasteiger partial charge in [0.25, 0.3) is 5.69 Å². The fraction of sp³-hybridized carbons (Fsp3) is 0.650. The van der Waals surface area contributed by atoms with Gasteiger partial charge < -0.3 is 54.3 Å². The Morgan fingerprint density at radius 2 is 1.62 bits per heavy atom. The van der Waals surface area contributed by atoms with E-state index in [0.29, 0.717) is 0 Å². The van der Waals surface area contributed by atoms with Crippen molar-refractivity contribution in [1.82, 2.24) is 5.32 Å². The first-order chi connectivity index (χ1) is 18.2. The molecule has 220 valence electrons. The summed E-state index contributed by atoms with van der Waals surface area (Å²) in [7, 11) is -5.29. The quantitative estimate of drug-likeness (QED) is 0.0474. The monoisotopic (exact) mass is 606 g/mol.